The molecule has 1 aliphatic heterocycles. The number of benzene rings is 1. The van der Waals surface area contributed by atoms with Crippen LogP contribution in [0.1, 0.15) is 37.0 Å². The molecule has 1 fully saturated rings. The van der Waals surface area contributed by atoms with E-state index >= 15 is 0 Å². The number of carbonyl (C=O) groups excluding carboxylic acids is 2. The molecule has 25 heavy (non-hydrogen) atoms. The van der Waals surface area contributed by atoms with Crippen LogP contribution in [0.25, 0.3) is 0 Å². The predicted octanol–water partition coefficient (Wildman–Crippen LogP) is 2.95. The Hall–Kier alpha value is -1.89. The maximum Gasteiger partial charge on any atom is 0.329 e. The molecule has 2 rings (SSSR count). The number of hydrogen-bond acceptors (Lipinski definition) is 6. The Kier molecular flexibility index (Phi) is 6.99. The second-order valence-electron chi connectivity index (χ2n) is 5.66. The highest BCUT2D eigenvalue weighted by molar-refractivity contribution is 8.00. The molecule has 0 aliphatic carbocycles. The third-order valence-electron chi connectivity index (χ3n) is 4.04. The second kappa shape index (κ2) is 8.99. The zero-order valence-electron chi connectivity index (χ0n) is 15.1. The van der Waals surface area contributed by atoms with Gasteiger partial charge in [0.05, 0.1) is 31.8 Å². The van der Waals surface area contributed by atoms with Crippen molar-refractivity contribution in [3.8, 4) is 11.5 Å². The summed E-state index contributed by atoms with van der Waals surface area (Å²) in [6.45, 7) is 4.31. The van der Waals surface area contributed by atoms with Crippen LogP contribution in [0.4, 0.5) is 0 Å². The van der Waals surface area contributed by atoms with Gasteiger partial charge in [-0.3, -0.25) is 4.79 Å². The summed E-state index contributed by atoms with van der Waals surface area (Å²) in [6.07, 6.45) is 1.51. The highest BCUT2D eigenvalue weighted by Gasteiger charge is 2.42. The Morgan fingerprint density at radius 3 is 2.60 bits per heavy atom. The minimum atomic E-state index is -0.569. The number of ether oxygens (including phenoxy) is 3. The Morgan fingerprint density at radius 1 is 1.24 bits per heavy atom. The summed E-state index contributed by atoms with van der Waals surface area (Å²) in [7, 11) is 3.06. The first-order valence-corrected chi connectivity index (χ1v) is 9.45. The van der Waals surface area contributed by atoms with Crippen molar-refractivity contribution in [1.29, 1.82) is 0 Å². The van der Waals surface area contributed by atoms with Crippen LogP contribution in [-0.4, -0.2) is 54.8 Å². The van der Waals surface area contributed by atoms with Crippen LogP contribution < -0.4 is 9.47 Å². The van der Waals surface area contributed by atoms with Crippen molar-refractivity contribution in [3.05, 3.63) is 23.8 Å². The molecule has 1 aliphatic rings. The zero-order chi connectivity index (χ0) is 18.4. The summed E-state index contributed by atoms with van der Waals surface area (Å²) in [5.74, 6) is 1.01. The molecule has 1 aromatic rings. The fourth-order valence-corrected chi connectivity index (χ4v) is 4.09. The van der Waals surface area contributed by atoms with E-state index in [2.05, 4.69) is 0 Å². The Morgan fingerprint density at radius 2 is 2.00 bits per heavy atom. The molecule has 0 N–H and O–H groups in total. The van der Waals surface area contributed by atoms with E-state index < -0.39 is 6.04 Å². The van der Waals surface area contributed by atoms with Gasteiger partial charge in [0.15, 0.2) is 0 Å². The molecule has 2 atom stereocenters. The van der Waals surface area contributed by atoms with Crippen LogP contribution in [0.2, 0.25) is 0 Å². The molecule has 0 bridgehead atoms. The average molecular weight is 367 g/mol. The van der Waals surface area contributed by atoms with E-state index in [0.29, 0.717) is 29.4 Å². The van der Waals surface area contributed by atoms with Gasteiger partial charge in [-0.05, 0) is 25.0 Å². The summed E-state index contributed by atoms with van der Waals surface area (Å²) in [5.41, 5.74) is 0.414. The average Bonchev–Trinajstić information content (AvgIpc) is 3.09. The molecule has 6 nitrogen and oxygen atoms in total. The fraction of sp³-hybridized carbons (Fsp3) is 0.556. The van der Waals surface area contributed by atoms with Crippen LogP contribution in [0.3, 0.4) is 0 Å². The maximum atomic E-state index is 13.2. The third-order valence-corrected chi connectivity index (χ3v) is 5.49. The van der Waals surface area contributed by atoms with Gasteiger partial charge in [0, 0.05) is 11.8 Å². The van der Waals surface area contributed by atoms with Gasteiger partial charge in [0.1, 0.15) is 17.5 Å². The van der Waals surface area contributed by atoms with Crippen molar-refractivity contribution in [2.24, 2.45) is 0 Å². The highest BCUT2D eigenvalue weighted by Crippen LogP contribution is 2.35. The molecule has 2 unspecified atom stereocenters. The van der Waals surface area contributed by atoms with E-state index in [1.165, 1.54) is 7.11 Å². The number of methoxy groups -OCH3 is 2. The number of rotatable bonds is 7. The van der Waals surface area contributed by atoms with E-state index in [-0.39, 0.29) is 17.3 Å². The number of amides is 1. The third kappa shape index (κ3) is 4.21. The summed E-state index contributed by atoms with van der Waals surface area (Å²) >= 11 is 1.60. The van der Waals surface area contributed by atoms with E-state index in [1.54, 1.807) is 42.0 Å². The van der Waals surface area contributed by atoms with Crippen molar-refractivity contribution >= 4 is 23.6 Å². The lowest BCUT2D eigenvalue weighted by molar-refractivity contribution is -0.148. The first-order chi connectivity index (χ1) is 12.1. The summed E-state index contributed by atoms with van der Waals surface area (Å²) in [4.78, 5) is 27.2. The second-order valence-corrected chi connectivity index (χ2v) is 6.87. The lowest BCUT2D eigenvalue weighted by atomic mass is 10.1. The van der Waals surface area contributed by atoms with Crippen molar-refractivity contribution in [3.63, 3.8) is 0 Å². The molecule has 1 heterocycles. The predicted molar refractivity (Wildman–Crippen MR) is 97.3 cm³/mol. The first-order valence-electron chi connectivity index (χ1n) is 8.40. The Bertz CT molecular complexity index is 621. The van der Waals surface area contributed by atoms with Gasteiger partial charge in [-0.25, -0.2) is 4.79 Å². The van der Waals surface area contributed by atoms with Crippen molar-refractivity contribution in [2.75, 3.05) is 26.6 Å². The topological polar surface area (TPSA) is 65.1 Å². The molecule has 138 valence electrons. The smallest absolute Gasteiger partial charge is 0.329 e. The zero-order valence-corrected chi connectivity index (χ0v) is 15.9. The van der Waals surface area contributed by atoms with Crippen molar-refractivity contribution in [2.45, 2.75) is 38.1 Å². The Labute approximate surface area is 152 Å². The molecule has 1 aromatic carbocycles. The van der Waals surface area contributed by atoms with Gasteiger partial charge in [0.25, 0.3) is 5.91 Å². The first kappa shape index (κ1) is 19.4. The highest BCUT2D eigenvalue weighted by atomic mass is 32.2. The number of thioether (sulfide) groups is 1. The van der Waals surface area contributed by atoms with E-state index in [0.717, 1.165) is 12.8 Å². The maximum absolute atomic E-state index is 13.2. The SMILES string of the molecule is CCCOC(=O)C1CSC(CC)N1C(=O)c1ccc(OC)cc1OC. The monoisotopic (exact) mass is 367 g/mol. The van der Waals surface area contributed by atoms with E-state index in [1.807, 2.05) is 13.8 Å². The fourth-order valence-electron chi connectivity index (χ4n) is 2.75. The number of hydrogen-bond donors (Lipinski definition) is 0. The van der Waals surface area contributed by atoms with Crippen LogP contribution >= 0.6 is 11.8 Å². The number of carbonyl (C=O) groups is 2. The van der Waals surface area contributed by atoms with Gasteiger partial charge < -0.3 is 19.1 Å². The van der Waals surface area contributed by atoms with Crippen molar-refractivity contribution < 1.29 is 23.8 Å². The summed E-state index contributed by atoms with van der Waals surface area (Å²) in [6, 6.07) is 4.48. The van der Waals surface area contributed by atoms with Gasteiger partial charge in [-0.15, -0.1) is 11.8 Å². The molecule has 1 saturated heterocycles. The standard InChI is InChI=1S/C18H25NO5S/c1-5-9-24-18(21)14-11-25-16(6-2)19(14)17(20)13-8-7-12(22-3)10-15(13)23-4/h7-8,10,14,16H,5-6,9,11H2,1-4H3. The number of esters is 1. The Balaban J connectivity index is 2.31. The number of nitrogens with zero attached hydrogens (tertiary/aromatic N) is 1. The van der Waals surface area contributed by atoms with Crippen LogP contribution in [0, 0.1) is 0 Å². The lowest BCUT2D eigenvalue weighted by Crippen LogP contribution is -2.46. The van der Waals surface area contributed by atoms with E-state index in [4.69, 9.17) is 14.2 Å². The largest absolute Gasteiger partial charge is 0.497 e. The quantitative estimate of drug-likeness (QED) is 0.691. The molecule has 0 saturated carbocycles. The molecule has 0 aromatic heterocycles. The molecule has 0 spiro atoms. The van der Waals surface area contributed by atoms with Gasteiger partial charge >= 0.3 is 5.97 Å². The van der Waals surface area contributed by atoms with Gasteiger partial charge in [-0.1, -0.05) is 13.8 Å². The molecular formula is C18H25NO5S. The summed E-state index contributed by atoms with van der Waals surface area (Å²) in [5, 5.41) is -0.0570. The van der Waals surface area contributed by atoms with Gasteiger partial charge in [-0.2, -0.15) is 0 Å². The van der Waals surface area contributed by atoms with Crippen molar-refractivity contribution in [1.82, 2.24) is 4.90 Å². The van der Waals surface area contributed by atoms with Gasteiger partial charge in [0.2, 0.25) is 0 Å². The molecule has 1 amide bonds. The molecule has 0 radical (unpaired) electrons. The van der Waals surface area contributed by atoms with E-state index in [9.17, 15) is 9.59 Å². The molecule has 7 heteroatoms. The normalized spacial score (nSPS) is 19.6. The van der Waals surface area contributed by atoms with Crippen LogP contribution in [0.5, 0.6) is 11.5 Å². The van der Waals surface area contributed by atoms with Crippen LogP contribution in [0.15, 0.2) is 18.2 Å². The minimum Gasteiger partial charge on any atom is -0.497 e. The lowest BCUT2D eigenvalue weighted by Gasteiger charge is -2.28. The minimum absolute atomic E-state index is 0.0570. The van der Waals surface area contributed by atoms with Crippen LogP contribution in [-0.2, 0) is 9.53 Å². The summed E-state index contributed by atoms with van der Waals surface area (Å²) < 4.78 is 15.8. The molecular weight excluding hydrogens is 342 g/mol.